The molecule has 1 N–H and O–H groups in total. The molecule has 1 aromatic carbocycles. The smallest absolute Gasteiger partial charge is 0.322 e. The van der Waals surface area contributed by atoms with Crippen molar-refractivity contribution in [3.05, 3.63) is 41.6 Å². The number of hydrogen-bond donors (Lipinski definition) is 1. The maximum atomic E-state index is 6.23. The quantitative estimate of drug-likeness (QED) is 0.479. The van der Waals surface area contributed by atoms with Crippen LogP contribution in [0.2, 0.25) is 0 Å². The van der Waals surface area contributed by atoms with Crippen molar-refractivity contribution in [2.24, 2.45) is 0 Å². The van der Waals surface area contributed by atoms with Gasteiger partial charge < -0.3 is 10.1 Å². The number of rotatable bonds is 7. The number of fused-ring (bicyclic) bond motifs is 1. The lowest BCUT2D eigenvalue weighted by Gasteiger charge is -2.23. The molecule has 1 fully saturated rings. The van der Waals surface area contributed by atoms with Crippen molar-refractivity contribution in [3.63, 3.8) is 0 Å². The number of aromatic nitrogens is 4. The summed E-state index contributed by atoms with van der Waals surface area (Å²) < 4.78 is 8.04. The van der Waals surface area contributed by atoms with Gasteiger partial charge in [-0.15, -0.1) is 11.8 Å². The van der Waals surface area contributed by atoms with Crippen molar-refractivity contribution in [1.82, 2.24) is 19.6 Å². The molecule has 0 amide bonds. The lowest BCUT2D eigenvalue weighted by Crippen LogP contribution is -2.22. The van der Waals surface area contributed by atoms with Gasteiger partial charge in [0.2, 0.25) is 5.95 Å². The molecule has 30 heavy (non-hydrogen) atoms. The summed E-state index contributed by atoms with van der Waals surface area (Å²) >= 11 is 1.75. The molecule has 0 spiro atoms. The van der Waals surface area contributed by atoms with Gasteiger partial charge in [0, 0.05) is 10.5 Å². The fourth-order valence-electron chi connectivity index (χ4n) is 4.06. The summed E-state index contributed by atoms with van der Waals surface area (Å²) in [6, 6.07) is 8.97. The second kappa shape index (κ2) is 9.25. The second-order valence-electron chi connectivity index (χ2n) is 8.31. The van der Waals surface area contributed by atoms with Crippen LogP contribution < -0.4 is 10.1 Å². The molecule has 0 aliphatic heterocycles. The van der Waals surface area contributed by atoms with E-state index in [-0.39, 0.29) is 12.1 Å². The Morgan fingerprint density at radius 1 is 1.07 bits per heavy atom. The summed E-state index contributed by atoms with van der Waals surface area (Å²) in [6.45, 7) is 6.47. The van der Waals surface area contributed by atoms with Crippen LogP contribution in [0.5, 0.6) is 6.01 Å². The minimum atomic E-state index is 0.0704. The molecule has 1 aliphatic carbocycles. The molecule has 3 aromatic rings. The van der Waals surface area contributed by atoms with Gasteiger partial charge in [-0.1, -0.05) is 38.5 Å². The van der Waals surface area contributed by atoms with Gasteiger partial charge in [-0.05, 0) is 56.4 Å². The molecular weight excluding hydrogens is 394 g/mol. The van der Waals surface area contributed by atoms with Crippen molar-refractivity contribution in [2.75, 3.05) is 11.6 Å². The number of hydrogen-bond acceptors (Lipinski definition) is 6. The molecular formula is C23H31N5OS. The standard InChI is InChI=1S/C23H31N5OS/c1-15(2)19-14-24-28-21(19)26-23(29-17-10-6-5-7-11-17)27-22(28)25-16(3)18-12-8-9-13-20(18)30-4/h8-9,12-17H,5-7,10-11H2,1-4H3,(H,25,26,27). The van der Waals surface area contributed by atoms with Gasteiger partial charge in [0.25, 0.3) is 0 Å². The van der Waals surface area contributed by atoms with Crippen molar-refractivity contribution < 1.29 is 4.74 Å². The van der Waals surface area contributed by atoms with E-state index in [1.807, 2.05) is 6.20 Å². The third-order valence-corrected chi connectivity index (χ3v) is 6.58. The van der Waals surface area contributed by atoms with Gasteiger partial charge in [-0.2, -0.15) is 19.6 Å². The van der Waals surface area contributed by atoms with E-state index < -0.39 is 0 Å². The van der Waals surface area contributed by atoms with Gasteiger partial charge in [0.15, 0.2) is 5.65 Å². The highest BCUT2D eigenvalue weighted by molar-refractivity contribution is 7.98. The van der Waals surface area contributed by atoms with Gasteiger partial charge in [-0.25, -0.2) is 0 Å². The van der Waals surface area contributed by atoms with Gasteiger partial charge in [0.1, 0.15) is 6.10 Å². The third kappa shape index (κ3) is 4.41. The molecule has 1 atom stereocenters. The predicted molar refractivity (Wildman–Crippen MR) is 123 cm³/mol. The van der Waals surface area contributed by atoms with Crippen LogP contribution in [0.25, 0.3) is 5.65 Å². The molecule has 4 rings (SSSR count). The highest BCUT2D eigenvalue weighted by Crippen LogP contribution is 2.30. The lowest BCUT2D eigenvalue weighted by atomic mass is 9.98. The minimum absolute atomic E-state index is 0.0704. The Bertz CT molecular complexity index is 996. The SMILES string of the molecule is CSc1ccccc1C(C)Nc1nc(OC2CCCCC2)nc2c(C(C)C)cnn12. The van der Waals surface area contributed by atoms with Crippen LogP contribution in [0.15, 0.2) is 35.4 Å². The summed E-state index contributed by atoms with van der Waals surface area (Å²) in [4.78, 5) is 10.7. The molecule has 0 saturated heterocycles. The average molecular weight is 426 g/mol. The Morgan fingerprint density at radius 2 is 1.83 bits per heavy atom. The van der Waals surface area contributed by atoms with Crippen LogP contribution >= 0.6 is 11.8 Å². The van der Waals surface area contributed by atoms with E-state index >= 15 is 0 Å². The molecule has 1 aliphatic rings. The number of nitrogens with zero attached hydrogens (tertiary/aromatic N) is 4. The van der Waals surface area contributed by atoms with E-state index in [2.05, 4.69) is 61.7 Å². The monoisotopic (exact) mass is 425 g/mol. The minimum Gasteiger partial charge on any atom is -0.460 e. The van der Waals surface area contributed by atoms with Crippen molar-refractivity contribution in [1.29, 1.82) is 0 Å². The molecule has 6 nitrogen and oxygen atoms in total. The Hall–Kier alpha value is -2.28. The van der Waals surface area contributed by atoms with E-state index in [1.165, 1.54) is 29.7 Å². The number of nitrogens with one attached hydrogen (secondary N) is 1. The van der Waals surface area contributed by atoms with Crippen molar-refractivity contribution in [2.45, 2.75) is 75.8 Å². The van der Waals surface area contributed by atoms with E-state index in [0.717, 1.165) is 24.1 Å². The van der Waals surface area contributed by atoms with Crippen LogP contribution in [0.1, 0.15) is 76.0 Å². The Kier molecular flexibility index (Phi) is 6.46. The number of thioether (sulfide) groups is 1. The lowest BCUT2D eigenvalue weighted by molar-refractivity contribution is 0.142. The largest absolute Gasteiger partial charge is 0.460 e. The molecule has 7 heteroatoms. The zero-order chi connectivity index (χ0) is 21.1. The molecule has 2 aromatic heterocycles. The zero-order valence-corrected chi connectivity index (χ0v) is 19.1. The van der Waals surface area contributed by atoms with E-state index in [1.54, 1.807) is 16.3 Å². The normalized spacial score (nSPS) is 16.2. The number of ether oxygens (including phenoxy) is 1. The second-order valence-corrected chi connectivity index (χ2v) is 9.15. The first-order valence-electron chi connectivity index (χ1n) is 10.9. The maximum Gasteiger partial charge on any atom is 0.322 e. The fourth-order valence-corrected chi connectivity index (χ4v) is 4.75. The third-order valence-electron chi connectivity index (χ3n) is 5.77. The zero-order valence-electron chi connectivity index (χ0n) is 18.3. The van der Waals surface area contributed by atoms with Crippen LogP contribution in [0.3, 0.4) is 0 Å². The Morgan fingerprint density at radius 3 is 2.57 bits per heavy atom. The van der Waals surface area contributed by atoms with Crippen LogP contribution in [0.4, 0.5) is 5.95 Å². The van der Waals surface area contributed by atoms with Crippen molar-refractivity contribution >= 4 is 23.4 Å². The summed E-state index contributed by atoms with van der Waals surface area (Å²) in [5.41, 5.74) is 3.16. The molecule has 2 heterocycles. The molecule has 0 bridgehead atoms. The fraction of sp³-hybridized carbons (Fsp3) is 0.522. The Balaban J connectivity index is 1.69. The molecule has 160 valence electrons. The van der Waals surface area contributed by atoms with Crippen molar-refractivity contribution in [3.8, 4) is 6.01 Å². The summed E-state index contributed by atoms with van der Waals surface area (Å²) in [7, 11) is 0. The molecule has 1 saturated carbocycles. The molecule has 1 unspecified atom stereocenters. The van der Waals surface area contributed by atoms with E-state index in [0.29, 0.717) is 17.9 Å². The van der Waals surface area contributed by atoms with E-state index in [9.17, 15) is 0 Å². The van der Waals surface area contributed by atoms with Gasteiger partial charge in [-0.3, -0.25) is 0 Å². The van der Waals surface area contributed by atoms with Crippen LogP contribution in [-0.2, 0) is 0 Å². The highest BCUT2D eigenvalue weighted by atomic mass is 32.2. The summed E-state index contributed by atoms with van der Waals surface area (Å²) in [5, 5.41) is 8.15. The number of anilines is 1. The van der Waals surface area contributed by atoms with Crippen LogP contribution in [0, 0.1) is 0 Å². The maximum absolute atomic E-state index is 6.23. The molecule has 0 radical (unpaired) electrons. The first-order chi connectivity index (χ1) is 14.6. The summed E-state index contributed by atoms with van der Waals surface area (Å²) in [6.07, 6.45) is 10.1. The van der Waals surface area contributed by atoms with E-state index in [4.69, 9.17) is 14.7 Å². The first kappa shape index (κ1) is 21.0. The summed E-state index contributed by atoms with van der Waals surface area (Å²) in [5.74, 6) is 0.989. The predicted octanol–water partition coefficient (Wildman–Crippen LogP) is 5.85. The topological polar surface area (TPSA) is 64.3 Å². The first-order valence-corrected chi connectivity index (χ1v) is 12.1. The average Bonchev–Trinajstić information content (AvgIpc) is 3.19. The van der Waals surface area contributed by atoms with Crippen LogP contribution in [-0.4, -0.2) is 31.9 Å². The highest BCUT2D eigenvalue weighted by Gasteiger charge is 2.21. The van der Waals surface area contributed by atoms with Gasteiger partial charge in [0.05, 0.1) is 12.2 Å². The Labute approximate surface area is 182 Å². The van der Waals surface area contributed by atoms with Gasteiger partial charge >= 0.3 is 6.01 Å². The number of benzene rings is 1.